The van der Waals surface area contributed by atoms with Crippen LogP contribution < -0.4 is 10.1 Å². The first-order valence-corrected chi connectivity index (χ1v) is 6.38. The van der Waals surface area contributed by atoms with E-state index < -0.39 is 0 Å². The Morgan fingerprint density at radius 2 is 1.86 bits per heavy atom. The van der Waals surface area contributed by atoms with Gasteiger partial charge in [0, 0.05) is 11.3 Å². The summed E-state index contributed by atoms with van der Waals surface area (Å²) >= 11 is 0. The minimum absolute atomic E-state index is 0.213. The lowest BCUT2D eigenvalue weighted by atomic mass is 10.2. The highest BCUT2D eigenvalue weighted by Gasteiger charge is 2.06. The van der Waals surface area contributed by atoms with Gasteiger partial charge in [0.1, 0.15) is 12.4 Å². The van der Waals surface area contributed by atoms with Crippen molar-refractivity contribution in [1.82, 2.24) is 0 Å². The molecule has 4 nitrogen and oxygen atoms in total. The summed E-state index contributed by atoms with van der Waals surface area (Å²) in [5, 5.41) is 11.5. The van der Waals surface area contributed by atoms with Crippen molar-refractivity contribution in [1.29, 1.82) is 5.26 Å². The number of carbonyl (C=O) groups is 1. The highest BCUT2D eigenvalue weighted by atomic mass is 16.5. The molecule has 0 aromatic heterocycles. The van der Waals surface area contributed by atoms with Crippen LogP contribution in [-0.4, -0.2) is 12.5 Å². The second-order valence-corrected chi connectivity index (χ2v) is 4.27. The molecule has 0 aliphatic carbocycles. The number of benzene rings is 2. The van der Waals surface area contributed by atoms with Crippen LogP contribution in [0.1, 0.15) is 15.9 Å². The molecular formula is C17H14N2O2. The van der Waals surface area contributed by atoms with E-state index >= 15 is 0 Å². The van der Waals surface area contributed by atoms with E-state index in [1.807, 2.05) is 6.07 Å². The van der Waals surface area contributed by atoms with Crippen molar-refractivity contribution in [3.8, 4) is 11.8 Å². The summed E-state index contributed by atoms with van der Waals surface area (Å²) in [7, 11) is 0. The van der Waals surface area contributed by atoms with Gasteiger partial charge in [-0.05, 0) is 48.5 Å². The van der Waals surface area contributed by atoms with Crippen LogP contribution in [0.25, 0.3) is 0 Å². The molecule has 0 aliphatic heterocycles. The van der Waals surface area contributed by atoms with Gasteiger partial charge >= 0.3 is 0 Å². The molecule has 0 unspecified atom stereocenters. The standard InChI is InChI=1S/C17H14N2O2/c1-2-11-21-16-9-5-14(6-10-16)17(20)19-15-7-3-13(12-18)4-8-15/h2-10H,1,11H2,(H,19,20). The summed E-state index contributed by atoms with van der Waals surface area (Å²) in [6.07, 6.45) is 1.66. The van der Waals surface area contributed by atoms with E-state index in [0.29, 0.717) is 29.2 Å². The van der Waals surface area contributed by atoms with Gasteiger partial charge in [-0.3, -0.25) is 4.79 Å². The molecule has 1 amide bonds. The molecule has 21 heavy (non-hydrogen) atoms. The second kappa shape index (κ2) is 6.92. The summed E-state index contributed by atoms with van der Waals surface area (Å²) in [6.45, 7) is 4.00. The summed E-state index contributed by atoms with van der Waals surface area (Å²) in [4.78, 5) is 12.1. The summed E-state index contributed by atoms with van der Waals surface area (Å²) in [5.41, 5.74) is 1.73. The van der Waals surface area contributed by atoms with Gasteiger partial charge in [0.25, 0.3) is 5.91 Å². The first-order valence-electron chi connectivity index (χ1n) is 6.38. The zero-order chi connectivity index (χ0) is 15.1. The van der Waals surface area contributed by atoms with Gasteiger partial charge < -0.3 is 10.1 Å². The number of nitriles is 1. The second-order valence-electron chi connectivity index (χ2n) is 4.27. The van der Waals surface area contributed by atoms with E-state index in [4.69, 9.17) is 10.00 Å². The molecule has 2 aromatic rings. The molecule has 0 atom stereocenters. The van der Waals surface area contributed by atoms with Crippen LogP contribution in [0.3, 0.4) is 0 Å². The van der Waals surface area contributed by atoms with Crippen LogP contribution >= 0.6 is 0 Å². The van der Waals surface area contributed by atoms with Crippen molar-refractivity contribution >= 4 is 11.6 Å². The predicted octanol–water partition coefficient (Wildman–Crippen LogP) is 3.38. The van der Waals surface area contributed by atoms with E-state index in [1.165, 1.54) is 0 Å². The number of ether oxygens (including phenoxy) is 1. The number of hydrogen-bond donors (Lipinski definition) is 1. The molecule has 2 rings (SSSR count). The van der Waals surface area contributed by atoms with Crippen LogP contribution in [0.15, 0.2) is 61.2 Å². The lowest BCUT2D eigenvalue weighted by Crippen LogP contribution is -2.11. The van der Waals surface area contributed by atoms with Gasteiger partial charge in [0.2, 0.25) is 0 Å². The molecule has 2 aromatic carbocycles. The number of nitrogens with one attached hydrogen (secondary N) is 1. The van der Waals surface area contributed by atoms with Crippen LogP contribution in [0.5, 0.6) is 5.75 Å². The first kappa shape index (κ1) is 14.4. The molecule has 0 aliphatic rings. The van der Waals surface area contributed by atoms with E-state index in [9.17, 15) is 4.79 Å². The molecular weight excluding hydrogens is 264 g/mol. The van der Waals surface area contributed by atoms with Gasteiger partial charge in [0.05, 0.1) is 11.6 Å². The van der Waals surface area contributed by atoms with Crippen LogP contribution in [0.2, 0.25) is 0 Å². The Morgan fingerprint density at radius 3 is 2.43 bits per heavy atom. The average Bonchev–Trinajstić information content (AvgIpc) is 2.54. The fraction of sp³-hybridized carbons (Fsp3) is 0.0588. The van der Waals surface area contributed by atoms with Crippen LogP contribution in [0.4, 0.5) is 5.69 Å². The molecule has 0 saturated carbocycles. The highest BCUT2D eigenvalue weighted by molar-refractivity contribution is 6.04. The number of carbonyl (C=O) groups excluding carboxylic acids is 1. The number of rotatable bonds is 5. The summed E-state index contributed by atoms with van der Waals surface area (Å²) < 4.78 is 5.35. The molecule has 0 radical (unpaired) electrons. The molecule has 0 saturated heterocycles. The Bertz CT molecular complexity index is 667. The normalized spacial score (nSPS) is 9.48. The zero-order valence-electron chi connectivity index (χ0n) is 11.4. The lowest BCUT2D eigenvalue weighted by molar-refractivity contribution is 0.102. The van der Waals surface area contributed by atoms with Crippen molar-refractivity contribution < 1.29 is 9.53 Å². The third-order valence-corrected chi connectivity index (χ3v) is 2.76. The average molecular weight is 278 g/mol. The minimum atomic E-state index is -0.213. The van der Waals surface area contributed by atoms with Gasteiger partial charge in [0.15, 0.2) is 0 Å². The number of hydrogen-bond acceptors (Lipinski definition) is 3. The maximum Gasteiger partial charge on any atom is 0.255 e. The minimum Gasteiger partial charge on any atom is -0.490 e. The van der Waals surface area contributed by atoms with Gasteiger partial charge in [-0.1, -0.05) is 12.7 Å². The Balaban J connectivity index is 2.02. The Hall–Kier alpha value is -3.06. The third kappa shape index (κ3) is 3.95. The Labute approximate surface area is 123 Å². The summed E-state index contributed by atoms with van der Waals surface area (Å²) in [6, 6.07) is 15.6. The smallest absolute Gasteiger partial charge is 0.255 e. The van der Waals surface area contributed by atoms with Gasteiger partial charge in [-0.2, -0.15) is 5.26 Å². The molecule has 0 bridgehead atoms. The van der Waals surface area contributed by atoms with E-state index in [-0.39, 0.29) is 5.91 Å². The Morgan fingerprint density at radius 1 is 1.19 bits per heavy atom. The molecule has 0 fully saturated rings. The van der Waals surface area contributed by atoms with Crippen molar-refractivity contribution in [3.63, 3.8) is 0 Å². The van der Waals surface area contributed by atoms with Crippen LogP contribution in [0, 0.1) is 11.3 Å². The maximum atomic E-state index is 12.1. The van der Waals surface area contributed by atoms with Crippen molar-refractivity contribution in [3.05, 3.63) is 72.3 Å². The first-order chi connectivity index (χ1) is 10.2. The molecule has 0 heterocycles. The van der Waals surface area contributed by atoms with Gasteiger partial charge in [-0.25, -0.2) is 0 Å². The lowest BCUT2D eigenvalue weighted by Gasteiger charge is -2.07. The van der Waals surface area contributed by atoms with E-state index in [0.717, 1.165) is 0 Å². The topological polar surface area (TPSA) is 62.1 Å². The van der Waals surface area contributed by atoms with Gasteiger partial charge in [-0.15, -0.1) is 0 Å². The van der Waals surface area contributed by atoms with E-state index in [2.05, 4.69) is 11.9 Å². The fourth-order valence-electron chi connectivity index (χ4n) is 1.69. The fourth-order valence-corrected chi connectivity index (χ4v) is 1.69. The monoisotopic (exact) mass is 278 g/mol. The molecule has 104 valence electrons. The predicted molar refractivity (Wildman–Crippen MR) is 81.2 cm³/mol. The number of anilines is 1. The highest BCUT2D eigenvalue weighted by Crippen LogP contribution is 2.14. The Kier molecular flexibility index (Phi) is 4.73. The van der Waals surface area contributed by atoms with Crippen LogP contribution in [-0.2, 0) is 0 Å². The van der Waals surface area contributed by atoms with Crippen molar-refractivity contribution in [2.24, 2.45) is 0 Å². The zero-order valence-corrected chi connectivity index (χ0v) is 11.4. The van der Waals surface area contributed by atoms with E-state index in [1.54, 1.807) is 54.6 Å². The number of nitrogens with zero attached hydrogens (tertiary/aromatic N) is 1. The van der Waals surface area contributed by atoms with Crippen molar-refractivity contribution in [2.75, 3.05) is 11.9 Å². The van der Waals surface area contributed by atoms with Crippen molar-refractivity contribution in [2.45, 2.75) is 0 Å². The maximum absolute atomic E-state index is 12.1. The molecule has 0 spiro atoms. The molecule has 1 N–H and O–H groups in total. The quantitative estimate of drug-likeness (QED) is 0.853. The third-order valence-electron chi connectivity index (χ3n) is 2.76. The SMILES string of the molecule is C=CCOc1ccc(C(=O)Nc2ccc(C#N)cc2)cc1. The number of amides is 1. The largest absolute Gasteiger partial charge is 0.490 e. The summed E-state index contributed by atoms with van der Waals surface area (Å²) in [5.74, 6) is 0.472. The molecule has 4 heteroatoms.